The molecule has 0 unspecified atom stereocenters. The van der Waals surface area contributed by atoms with Crippen LogP contribution in [0.3, 0.4) is 0 Å². The number of methoxy groups -OCH3 is 1. The van der Waals surface area contributed by atoms with Crippen LogP contribution in [0.15, 0.2) is 36.5 Å². The summed E-state index contributed by atoms with van der Waals surface area (Å²) >= 11 is 0. The molecule has 0 saturated carbocycles. The number of aromatic nitrogens is 1. The number of nitrogens with zero attached hydrogens (tertiary/aromatic N) is 2. The summed E-state index contributed by atoms with van der Waals surface area (Å²) in [4.78, 5) is 17.8. The molecule has 0 saturated heterocycles. The van der Waals surface area contributed by atoms with Crippen molar-refractivity contribution in [3.8, 4) is 17.4 Å². The first-order chi connectivity index (χ1) is 11.2. The molecular weight excluding hydrogens is 298 g/mol. The maximum absolute atomic E-state index is 12.2. The normalized spacial score (nSPS) is 11.9. The summed E-state index contributed by atoms with van der Waals surface area (Å²) in [7, 11) is 3.26. The standard InChI is InChI=1S/C16H17N3O4/c1-19(9-11-3-5-13-14(7-11)23-10-22-13)16(20)18-12-4-6-15(21-2)17-8-12/h3-8H,9-10H2,1-2H3,(H,18,20). The van der Waals surface area contributed by atoms with Crippen molar-refractivity contribution in [3.63, 3.8) is 0 Å². The predicted molar refractivity (Wildman–Crippen MR) is 83.8 cm³/mol. The molecule has 2 aromatic rings. The first-order valence-corrected chi connectivity index (χ1v) is 7.06. The van der Waals surface area contributed by atoms with Crippen molar-refractivity contribution in [2.24, 2.45) is 0 Å². The van der Waals surface area contributed by atoms with Crippen molar-refractivity contribution in [1.82, 2.24) is 9.88 Å². The summed E-state index contributed by atoms with van der Waals surface area (Å²) in [5.74, 6) is 1.93. The zero-order chi connectivity index (χ0) is 16.2. The van der Waals surface area contributed by atoms with E-state index in [1.165, 1.54) is 0 Å². The van der Waals surface area contributed by atoms with E-state index < -0.39 is 0 Å². The Hall–Kier alpha value is -2.96. The minimum atomic E-state index is -0.227. The number of amides is 2. The first kappa shape index (κ1) is 15.0. The molecule has 1 aromatic heterocycles. The third kappa shape index (κ3) is 3.45. The van der Waals surface area contributed by atoms with Crippen molar-refractivity contribution in [1.29, 1.82) is 0 Å². The number of nitrogens with one attached hydrogen (secondary N) is 1. The molecule has 1 aliphatic rings. The molecule has 2 amide bonds. The van der Waals surface area contributed by atoms with Gasteiger partial charge in [-0.05, 0) is 23.8 Å². The van der Waals surface area contributed by atoms with Gasteiger partial charge in [-0.15, -0.1) is 0 Å². The van der Waals surface area contributed by atoms with E-state index in [4.69, 9.17) is 14.2 Å². The van der Waals surface area contributed by atoms with Crippen molar-refractivity contribution < 1.29 is 19.0 Å². The molecule has 0 spiro atoms. The van der Waals surface area contributed by atoms with E-state index in [0.717, 1.165) is 11.3 Å². The van der Waals surface area contributed by atoms with Gasteiger partial charge in [0, 0.05) is 19.7 Å². The molecule has 120 valence electrons. The Bertz CT molecular complexity index is 703. The minimum Gasteiger partial charge on any atom is -0.481 e. The van der Waals surface area contributed by atoms with Crippen molar-refractivity contribution in [3.05, 3.63) is 42.1 Å². The zero-order valence-electron chi connectivity index (χ0n) is 12.9. The molecule has 7 nitrogen and oxygen atoms in total. The monoisotopic (exact) mass is 315 g/mol. The zero-order valence-corrected chi connectivity index (χ0v) is 12.9. The highest BCUT2D eigenvalue weighted by molar-refractivity contribution is 5.88. The maximum atomic E-state index is 12.2. The number of hydrogen-bond acceptors (Lipinski definition) is 5. The number of urea groups is 1. The lowest BCUT2D eigenvalue weighted by atomic mass is 10.2. The molecular formula is C16H17N3O4. The first-order valence-electron chi connectivity index (χ1n) is 7.06. The smallest absolute Gasteiger partial charge is 0.321 e. The third-order valence-corrected chi connectivity index (χ3v) is 3.40. The van der Waals surface area contributed by atoms with Crippen molar-refractivity contribution >= 4 is 11.7 Å². The van der Waals surface area contributed by atoms with Gasteiger partial charge in [0.25, 0.3) is 0 Å². The fraction of sp³-hybridized carbons (Fsp3) is 0.250. The van der Waals surface area contributed by atoms with Crippen LogP contribution in [0.1, 0.15) is 5.56 Å². The number of ether oxygens (including phenoxy) is 3. The Morgan fingerprint density at radius 2 is 2.13 bits per heavy atom. The number of carbonyl (C=O) groups is 1. The number of rotatable bonds is 4. The Balaban J connectivity index is 1.60. The summed E-state index contributed by atoms with van der Waals surface area (Å²) in [5.41, 5.74) is 1.56. The van der Waals surface area contributed by atoms with Gasteiger partial charge in [0.05, 0.1) is 19.0 Å². The van der Waals surface area contributed by atoms with Gasteiger partial charge in [-0.25, -0.2) is 9.78 Å². The van der Waals surface area contributed by atoms with Crippen LogP contribution in [-0.2, 0) is 6.54 Å². The van der Waals surface area contributed by atoms with Crippen LogP contribution in [0, 0.1) is 0 Å². The highest BCUT2D eigenvalue weighted by Crippen LogP contribution is 2.32. The van der Waals surface area contributed by atoms with E-state index in [1.54, 1.807) is 37.4 Å². The number of benzene rings is 1. The molecule has 7 heteroatoms. The Labute approximate surface area is 133 Å². The quantitative estimate of drug-likeness (QED) is 0.938. The molecule has 0 fully saturated rings. The fourth-order valence-electron chi connectivity index (χ4n) is 2.18. The highest BCUT2D eigenvalue weighted by Gasteiger charge is 2.15. The number of fused-ring (bicyclic) bond motifs is 1. The van der Waals surface area contributed by atoms with E-state index in [1.807, 2.05) is 18.2 Å². The van der Waals surface area contributed by atoms with Gasteiger partial charge < -0.3 is 24.4 Å². The Kier molecular flexibility index (Phi) is 4.18. The van der Waals surface area contributed by atoms with Gasteiger partial charge in [0.2, 0.25) is 12.7 Å². The predicted octanol–water partition coefficient (Wildman–Crippen LogP) is 2.48. The largest absolute Gasteiger partial charge is 0.481 e. The molecule has 1 N–H and O–H groups in total. The second-order valence-corrected chi connectivity index (χ2v) is 5.06. The van der Waals surface area contributed by atoms with Crippen LogP contribution < -0.4 is 19.5 Å². The Morgan fingerprint density at radius 3 is 2.87 bits per heavy atom. The molecule has 0 atom stereocenters. The number of carbonyl (C=O) groups excluding carboxylic acids is 1. The lowest BCUT2D eigenvalue weighted by Gasteiger charge is -2.18. The molecule has 0 radical (unpaired) electrons. The van der Waals surface area contributed by atoms with Crippen LogP contribution in [-0.4, -0.2) is 36.9 Å². The van der Waals surface area contributed by atoms with Crippen LogP contribution in [0.4, 0.5) is 10.5 Å². The molecule has 2 heterocycles. The van der Waals surface area contributed by atoms with Gasteiger partial charge in [-0.3, -0.25) is 0 Å². The van der Waals surface area contributed by atoms with Crippen LogP contribution >= 0.6 is 0 Å². The summed E-state index contributed by atoms with van der Waals surface area (Å²) < 4.78 is 15.6. The minimum absolute atomic E-state index is 0.227. The summed E-state index contributed by atoms with van der Waals surface area (Å²) in [6.07, 6.45) is 1.55. The second-order valence-electron chi connectivity index (χ2n) is 5.06. The molecule has 1 aliphatic heterocycles. The van der Waals surface area contributed by atoms with Crippen molar-refractivity contribution in [2.75, 3.05) is 26.3 Å². The van der Waals surface area contributed by atoms with Crippen LogP contribution in [0.5, 0.6) is 17.4 Å². The summed E-state index contributed by atoms with van der Waals surface area (Å²) in [5, 5.41) is 2.78. The fourth-order valence-corrected chi connectivity index (χ4v) is 2.18. The van der Waals surface area contributed by atoms with Crippen molar-refractivity contribution in [2.45, 2.75) is 6.54 Å². The topological polar surface area (TPSA) is 72.9 Å². The summed E-state index contributed by atoms with van der Waals surface area (Å²) in [6, 6.07) is 8.82. The van der Waals surface area contributed by atoms with E-state index in [9.17, 15) is 4.79 Å². The third-order valence-electron chi connectivity index (χ3n) is 3.40. The second kappa shape index (κ2) is 6.43. The van der Waals surface area contributed by atoms with Gasteiger partial charge in [0.1, 0.15) is 0 Å². The van der Waals surface area contributed by atoms with E-state index in [2.05, 4.69) is 10.3 Å². The lowest BCUT2D eigenvalue weighted by Crippen LogP contribution is -2.30. The van der Waals surface area contributed by atoms with Gasteiger partial charge in [-0.1, -0.05) is 6.07 Å². The van der Waals surface area contributed by atoms with Gasteiger partial charge in [-0.2, -0.15) is 0 Å². The number of hydrogen-bond donors (Lipinski definition) is 1. The SMILES string of the molecule is COc1ccc(NC(=O)N(C)Cc2ccc3c(c2)OCO3)cn1. The summed E-state index contributed by atoms with van der Waals surface area (Å²) in [6.45, 7) is 0.686. The molecule has 23 heavy (non-hydrogen) atoms. The Morgan fingerprint density at radius 1 is 1.30 bits per heavy atom. The molecule has 0 bridgehead atoms. The number of pyridine rings is 1. The molecule has 1 aromatic carbocycles. The maximum Gasteiger partial charge on any atom is 0.321 e. The van der Waals surface area contributed by atoms with E-state index in [-0.39, 0.29) is 12.8 Å². The molecule has 0 aliphatic carbocycles. The van der Waals surface area contributed by atoms with Crippen LogP contribution in [0.2, 0.25) is 0 Å². The van der Waals surface area contributed by atoms with Crippen LogP contribution in [0.25, 0.3) is 0 Å². The lowest BCUT2D eigenvalue weighted by molar-refractivity contribution is 0.174. The number of anilines is 1. The average molecular weight is 315 g/mol. The average Bonchev–Trinajstić information content (AvgIpc) is 3.03. The highest BCUT2D eigenvalue weighted by atomic mass is 16.7. The van der Waals surface area contributed by atoms with E-state index in [0.29, 0.717) is 23.9 Å². The van der Waals surface area contributed by atoms with Gasteiger partial charge >= 0.3 is 6.03 Å². The van der Waals surface area contributed by atoms with E-state index >= 15 is 0 Å². The molecule has 3 rings (SSSR count). The van der Waals surface area contributed by atoms with Gasteiger partial charge in [0.15, 0.2) is 11.5 Å².